The van der Waals surface area contributed by atoms with Crippen LogP contribution in [0.5, 0.6) is 0 Å². The molecule has 1 aromatic carbocycles. The van der Waals surface area contributed by atoms with Gasteiger partial charge in [0, 0.05) is 24.7 Å². The van der Waals surface area contributed by atoms with Gasteiger partial charge in [0.05, 0.1) is 6.54 Å². The van der Waals surface area contributed by atoms with Crippen molar-refractivity contribution in [2.45, 2.75) is 32.7 Å². The van der Waals surface area contributed by atoms with Crippen molar-refractivity contribution in [1.29, 1.82) is 0 Å². The second-order valence-corrected chi connectivity index (χ2v) is 5.34. The summed E-state index contributed by atoms with van der Waals surface area (Å²) in [5.41, 5.74) is 9.10. The van der Waals surface area contributed by atoms with E-state index in [1.807, 2.05) is 25.1 Å². The van der Waals surface area contributed by atoms with Crippen LogP contribution in [0.3, 0.4) is 0 Å². The molecule has 0 amide bonds. The molecule has 1 saturated heterocycles. The summed E-state index contributed by atoms with van der Waals surface area (Å²) in [7, 11) is 0. The van der Waals surface area contributed by atoms with E-state index in [1.165, 1.54) is 11.1 Å². The van der Waals surface area contributed by atoms with Crippen LogP contribution >= 0.6 is 0 Å². The minimum atomic E-state index is 0.216. The molecule has 18 heavy (non-hydrogen) atoms. The monoisotopic (exact) mass is 246 g/mol. The first kappa shape index (κ1) is 13.2. The van der Waals surface area contributed by atoms with Crippen molar-refractivity contribution >= 4 is 5.78 Å². The third-order valence-electron chi connectivity index (χ3n) is 3.83. The van der Waals surface area contributed by atoms with Gasteiger partial charge in [-0.1, -0.05) is 12.1 Å². The minimum absolute atomic E-state index is 0.216. The fourth-order valence-electron chi connectivity index (χ4n) is 2.32. The van der Waals surface area contributed by atoms with Crippen LogP contribution in [0.1, 0.15) is 34.3 Å². The quantitative estimate of drug-likeness (QED) is 0.829. The molecule has 3 heteroatoms. The summed E-state index contributed by atoms with van der Waals surface area (Å²) < 4.78 is 0. The highest BCUT2D eigenvalue weighted by molar-refractivity contribution is 5.97. The fraction of sp³-hybridized carbons (Fsp3) is 0.533. The molecule has 0 radical (unpaired) electrons. The highest BCUT2D eigenvalue weighted by Crippen LogP contribution is 2.13. The maximum atomic E-state index is 12.2. The Morgan fingerprint density at radius 2 is 1.94 bits per heavy atom. The lowest BCUT2D eigenvalue weighted by Crippen LogP contribution is -2.41. The van der Waals surface area contributed by atoms with E-state index in [0.717, 1.165) is 31.5 Å². The van der Waals surface area contributed by atoms with Gasteiger partial charge >= 0.3 is 0 Å². The van der Waals surface area contributed by atoms with E-state index < -0.39 is 0 Å². The number of likely N-dealkylation sites (tertiary alicyclic amines) is 1. The molecular formula is C15H22N2O. The van der Waals surface area contributed by atoms with Crippen molar-refractivity contribution in [2.24, 2.45) is 5.73 Å². The van der Waals surface area contributed by atoms with Crippen molar-refractivity contribution in [2.75, 3.05) is 19.6 Å². The third-order valence-corrected chi connectivity index (χ3v) is 3.83. The molecular weight excluding hydrogens is 224 g/mol. The lowest BCUT2D eigenvalue weighted by atomic mass is 10.0. The van der Waals surface area contributed by atoms with Crippen LogP contribution < -0.4 is 5.73 Å². The number of Topliss-reactive ketones (excluding diaryl/α,β-unsaturated/α-hetero) is 1. The predicted octanol–water partition coefficient (Wildman–Crippen LogP) is 1.91. The molecule has 0 spiro atoms. The van der Waals surface area contributed by atoms with Crippen LogP contribution in [0.25, 0.3) is 0 Å². The minimum Gasteiger partial charge on any atom is -0.328 e. The first-order valence-corrected chi connectivity index (χ1v) is 6.64. The van der Waals surface area contributed by atoms with Crippen molar-refractivity contribution in [3.8, 4) is 0 Å². The van der Waals surface area contributed by atoms with Crippen molar-refractivity contribution in [1.82, 2.24) is 4.90 Å². The number of rotatable bonds is 3. The smallest absolute Gasteiger partial charge is 0.176 e. The number of piperidine rings is 1. The number of aryl methyl sites for hydroxylation is 2. The standard InChI is InChI=1S/C15H22N2O/c1-11-3-4-13(9-12(11)2)15(18)10-17-7-5-14(16)6-8-17/h3-4,9,14H,5-8,10,16H2,1-2H3. The molecule has 1 aliphatic heterocycles. The Morgan fingerprint density at radius 1 is 1.28 bits per heavy atom. The van der Waals surface area contributed by atoms with Gasteiger partial charge in [-0.2, -0.15) is 0 Å². The van der Waals surface area contributed by atoms with Crippen molar-refractivity contribution < 1.29 is 4.79 Å². The average Bonchev–Trinajstić information content (AvgIpc) is 2.35. The largest absolute Gasteiger partial charge is 0.328 e. The number of hydrogen-bond acceptors (Lipinski definition) is 3. The van der Waals surface area contributed by atoms with E-state index in [-0.39, 0.29) is 5.78 Å². The number of benzene rings is 1. The van der Waals surface area contributed by atoms with Crippen LogP contribution in [0.2, 0.25) is 0 Å². The van der Waals surface area contributed by atoms with E-state index in [2.05, 4.69) is 11.8 Å². The van der Waals surface area contributed by atoms with E-state index in [9.17, 15) is 4.79 Å². The van der Waals surface area contributed by atoms with E-state index in [0.29, 0.717) is 12.6 Å². The molecule has 1 fully saturated rings. The summed E-state index contributed by atoms with van der Waals surface area (Å²) in [6.07, 6.45) is 2.00. The molecule has 0 unspecified atom stereocenters. The van der Waals surface area contributed by atoms with Gasteiger partial charge in [0.25, 0.3) is 0 Å². The summed E-state index contributed by atoms with van der Waals surface area (Å²) in [6, 6.07) is 6.26. The zero-order valence-electron chi connectivity index (χ0n) is 11.3. The molecule has 3 nitrogen and oxygen atoms in total. The highest BCUT2D eigenvalue weighted by atomic mass is 16.1. The number of nitrogens with zero attached hydrogens (tertiary/aromatic N) is 1. The van der Waals surface area contributed by atoms with Crippen LogP contribution in [0, 0.1) is 13.8 Å². The Labute approximate surface area is 109 Å². The first-order valence-electron chi connectivity index (χ1n) is 6.64. The molecule has 0 aromatic heterocycles. The number of hydrogen-bond donors (Lipinski definition) is 1. The van der Waals surface area contributed by atoms with Gasteiger partial charge in [0.1, 0.15) is 0 Å². The zero-order valence-corrected chi connectivity index (χ0v) is 11.3. The maximum absolute atomic E-state index is 12.2. The van der Waals surface area contributed by atoms with Crippen molar-refractivity contribution in [3.63, 3.8) is 0 Å². The lowest BCUT2D eigenvalue weighted by Gasteiger charge is -2.29. The Hall–Kier alpha value is -1.19. The summed E-state index contributed by atoms with van der Waals surface area (Å²) in [6.45, 7) is 6.52. The molecule has 0 atom stereocenters. The number of carbonyl (C=O) groups is 1. The van der Waals surface area contributed by atoms with Gasteiger partial charge in [-0.25, -0.2) is 0 Å². The average molecular weight is 246 g/mol. The number of ketones is 1. The fourth-order valence-corrected chi connectivity index (χ4v) is 2.32. The molecule has 1 heterocycles. The summed E-state index contributed by atoms with van der Waals surface area (Å²) >= 11 is 0. The molecule has 0 aliphatic carbocycles. The SMILES string of the molecule is Cc1ccc(C(=O)CN2CCC(N)CC2)cc1C. The van der Waals surface area contributed by atoms with Gasteiger partial charge < -0.3 is 5.73 Å². The molecule has 2 rings (SSSR count). The predicted molar refractivity (Wildman–Crippen MR) is 73.9 cm³/mol. The van der Waals surface area contributed by atoms with Crippen LogP contribution in [0.4, 0.5) is 0 Å². The Morgan fingerprint density at radius 3 is 2.56 bits per heavy atom. The summed E-state index contributed by atoms with van der Waals surface area (Å²) in [5.74, 6) is 0.216. The Kier molecular flexibility index (Phi) is 4.15. The second-order valence-electron chi connectivity index (χ2n) is 5.34. The van der Waals surface area contributed by atoms with E-state index in [1.54, 1.807) is 0 Å². The Balaban J connectivity index is 1.97. The zero-order chi connectivity index (χ0) is 13.1. The Bertz CT molecular complexity index is 434. The number of carbonyl (C=O) groups excluding carboxylic acids is 1. The van der Waals surface area contributed by atoms with Gasteiger partial charge in [-0.3, -0.25) is 9.69 Å². The van der Waals surface area contributed by atoms with Crippen molar-refractivity contribution in [3.05, 3.63) is 34.9 Å². The molecule has 0 saturated carbocycles. The molecule has 0 bridgehead atoms. The summed E-state index contributed by atoms with van der Waals surface area (Å²) in [5, 5.41) is 0. The first-order chi connectivity index (χ1) is 8.56. The maximum Gasteiger partial charge on any atom is 0.176 e. The molecule has 98 valence electrons. The van der Waals surface area contributed by atoms with Gasteiger partial charge in [0.2, 0.25) is 0 Å². The molecule has 2 N–H and O–H groups in total. The normalized spacial score (nSPS) is 17.9. The third kappa shape index (κ3) is 3.18. The van der Waals surface area contributed by atoms with Gasteiger partial charge in [-0.15, -0.1) is 0 Å². The summed E-state index contributed by atoms with van der Waals surface area (Å²) in [4.78, 5) is 14.4. The van der Waals surface area contributed by atoms with Crippen LogP contribution in [-0.2, 0) is 0 Å². The number of nitrogens with two attached hydrogens (primary N) is 1. The van der Waals surface area contributed by atoms with Gasteiger partial charge in [0.15, 0.2) is 5.78 Å². The topological polar surface area (TPSA) is 46.3 Å². The van der Waals surface area contributed by atoms with Crippen LogP contribution in [0.15, 0.2) is 18.2 Å². The van der Waals surface area contributed by atoms with E-state index >= 15 is 0 Å². The van der Waals surface area contributed by atoms with Gasteiger partial charge in [-0.05, 0) is 43.9 Å². The molecule has 1 aromatic rings. The second kappa shape index (κ2) is 5.63. The van der Waals surface area contributed by atoms with E-state index in [4.69, 9.17) is 5.73 Å². The highest BCUT2D eigenvalue weighted by Gasteiger charge is 2.18. The molecule has 1 aliphatic rings. The van der Waals surface area contributed by atoms with Crippen LogP contribution in [-0.4, -0.2) is 36.4 Å². The lowest BCUT2D eigenvalue weighted by molar-refractivity contribution is 0.0910.